The summed E-state index contributed by atoms with van der Waals surface area (Å²) in [7, 11) is -0.863. The first-order valence-corrected chi connectivity index (χ1v) is 11.8. The van der Waals surface area contributed by atoms with Crippen LogP contribution >= 0.6 is 0 Å². The second-order valence-electron chi connectivity index (χ2n) is 5.69. The summed E-state index contributed by atoms with van der Waals surface area (Å²) in [5.41, 5.74) is 0. The van der Waals surface area contributed by atoms with Gasteiger partial charge in [0.05, 0.1) is 26.4 Å². The molecule has 7 nitrogen and oxygen atoms in total. The highest BCUT2D eigenvalue weighted by atomic mass is 28.4. The summed E-state index contributed by atoms with van der Waals surface area (Å²) in [5, 5.41) is 0. The Kier molecular flexibility index (Phi) is 19.6. The molecule has 0 radical (unpaired) electrons. The third-order valence-corrected chi connectivity index (χ3v) is 6.71. The maximum Gasteiger partial charge on any atom is 0.500 e. The van der Waals surface area contributed by atoms with Crippen molar-refractivity contribution in [2.45, 2.75) is 52.5 Å². The van der Waals surface area contributed by atoms with Crippen LogP contribution in [0, 0.1) is 0 Å². The number of hydrogen-bond acceptors (Lipinski definition) is 7. The first-order valence-electron chi connectivity index (χ1n) is 9.88. The predicted octanol–water partition coefficient (Wildman–Crippen LogP) is 3.25. The van der Waals surface area contributed by atoms with E-state index in [0.29, 0.717) is 53.0 Å². The van der Waals surface area contributed by atoms with Crippen LogP contribution in [0.25, 0.3) is 0 Å². The average molecular weight is 397 g/mol. The van der Waals surface area contributed by atoms with Gasteiger partial charge < -0.3 is 32.2 Å². The topological polar surface area (TPSA) is 64.6 Å². The van der Waals surface area contributed by atoms with Crippen LogP contribution in [0.1, 0.15) is 46.5 Å². The van der Waals surface area contributed by atoms with Crippen molar-refractivity contribution >= 4 is 8.80 Å². The molecular formula is C18H40O7Si. The molecule has 0 bridgehead atoms. The predicted molar refractivity (Wildman–Crippen MR) is 103 cm³/mol. The maximum absolute atomic E-state index is 5.86. The van der Waals surface area contributed by atoms with Gasteiger partial charge in [0.1, 0.15) is 6.79 Å². The quantitative estimate of drug-likeness (QED) is 0.168. The summed E-state index contributed by atoms with van der Waals surface area (Å²) in [6.07, 6.45) is 4.40. The van der Waals surface area contributed by atoms with Crippen molar-refractivity contribution in [3.05, 3.63) is 0 Å². The fourth-order valence-corrected chi connectivity index (χ4v) is 5.17. The van der Waals surface area contributed by atoms with Gasteiger partial charge >= 0.3 is 8.80 Å². The number of methoxy groups -OCH3 is 1. The van der Waals surface area contributed by atoms with Crippen LogP contribution in [0.15, 0.2) is 0 Å². The molecule has 0 heterocycles. The Hall–Kier alpha value is -0.0631. The van der Waals surface area contributed by atoms with E-state index in [1.54, 1.807) is 7.11 Å². The molecule has 0 saturated carbocycles. The van der Waals surface area contributed by atoms with Crippen LogP contribution in [0.4, 0.5) is 0 Å². The van der Waals surface area contributed by atoms with Crippen LogP contribution in [0.2, 0.25) is 6.04 Å². The van der Waals surface area contributed by atoms with Gasteiger partial charge in [-0.1, -0.05) is 12.8 Å². The molecule has 0 aromatic rings. The van der Waals surface area contributed by atoms with Crippen molar-refractivity contribution in [2.75, 3.05) is 66.8 Å². The van der Waals surface area contributed by atoms with Crippen LogP contribution < -0.4 is 0 Å². The van der Waals surface area contributed by atoms with Crippen LogP contribution in [0.5, 0.6) is 0 Å². The van der Waals surface area contributed by atoms with Gasteiger partial charge in [0.15, 0.2) is 0 Å². The lowest BCUT2D eigenvalue weighted by Crippen LogP contribution is -2.45. The van der Waals surface area contributed by atoms with Gasteiger partial charge in [-0.05, 0) is 33.6 Å². The minimum absolute atomic E-state index is 0.309. The molecule has 0 spiro atoms. The number of hydrogen-bond donors (Lipinski definition) is 0. The van der Waals surface area contributed by atoms with E-state index in [4.69, 9.17) is 32.2 Å². The molecule has 0 aliphatic carbocycles. The van der Waals surface area contributed by atoms with E-state index in [2.05, 4.69) is 0 Å². The standard InChI is InChI=1S/C18H40O7Si/c1-5-23-26(24-6-2,25-7-3)17-11-9-8-10-12-20-13-14-21-15-16-22-18-19-4/h5-18H2,1-4H3. The van der Waals surface area contributed by atoms with Gasteiger partial charge in [-0.25, -0.2) is 0 Å². The molecule has 0 aliphatic heterocycles. The Morgan fingerprint density at radius 1 is 0.577 bits per heavy atom. The minimum Gasteiger partial charge on any atom is -0.379 e. The molecular weight excluding hydrogens is 356 g/mol. The van der Waals surface area contributed by atoms with E-state index in [1.807, 2.05) is 20.8 Å². The average Bonchev–Trinajstić information content (AvgIpc) is 2.63. The summed E-state index contributed by atoms with van der Waals surface area (Å²) < 4.78 is 38.4. The largest absolute Gasteiger partial charge is 0.500 e. The monoisotopic (exact) mass is 396 g/mol. The Balaban J connectivity index is 3.52. The van der Waals surface area contributed by atoms with Crippen molar-refractivity contribution in [2.24, 2.45) is 0 Å². The highest BCUT2D eigenvalue weighted by Crippen LogP contribution is 2.20. The summed E-state index contributed by atoms with van der Waals surface area (Å²) in [5.74, 6) is 0. The highest BCUT2D eigenvalue weighted by Gasteiger charge is 2.39. The molecule has 0 rings (SSSR count). The van der Waals surface area contributed by atoms with Gasteiger partial charge in [-0.15, -0.1) is 0 Å². The molecule has 26 heavy (non-hydrogen) atoms. The third-order valence-electron chi connectivity index (χ3n) is 3.56. The van der Waals surface area contributed by atoms with Crippen molar-refractivity contribution in [3.63, 3.8) is 0 Å². The lowest BCUT2D eigenvalue weighted by Gasteiger charge is -2.28. The molecule has 0 unspecified atom stereocenters. The summed E-state index contributed by atoms with van der Waals surface area (Å²) in [4.78, 5) is 0. The minimum atomic E-state index is -2.46. The number of ether oxygens (including phenoxy) is 4. The SMILES string of the molecule is CCO[Si](CCCCCCOCCOCCOCOC)(OCC)OCC. The molecule has 0 aromatic heterocycles. The third kappa shape index (κ3) is 15.0. The smallest absolute Gasteiger partial charge is 0.379 e. The van der Waals surface area contributed by atoms with Crippen LogP contribution in [-0.2, 0) is 32.2 Å². The molecule has 0 aromatic carbocycles. The molecule has 158 valence electrons. The maximum atomic E-state index is 5.86. The van der Waals surface area contributed by atoms with Gasteiger partial charge in [0, 0.05) is 39.6 Å². The fourth-order valence-electron chi connectivity index (χ4n) is 2.48. The molecule has 0 saturated heterocycles. The summed E-state index contributed by atoms with van der Waals surface area (Å²) >= 11 is 0. The van der Waals surface area contributed by atoms with Crippen LogP contribution in [-0.4, -0.2) is 75.6 Å². The first kappa shape index (κ1) is 25.9. The van der Waals surface area contributed by atoms with Crippen molar-refractivity contribution in [1.82, 2.24) is 0 Å². The van der Waals surface area contributed by atoms with E-state index in [1.165, 1.54) is 0 Å². The van der Waals surface area contributed by atoms with E-state index in [-0.39, 0.29) is 0 Å². The second-order valence-corrected chi connectivity index (χ2v) is 8.42. The molecule has 0 aliphatic rings. The van der Waals surface area contributed by atoms with E-state index >= 15 is 0 Å². The van der Waals surface area contributed by atoms with Crippen molar-refractivity contribution in [1.29, 1.82) is 0 Å². The van der Waals surface area contributed by atoms with E-state index < -0.39 is 8.80 Å². The fraction of sp³-hybridized carbons (Fsp3) is 1.00. The van der Waals surface area contributed by atoms with Crippen molar-refractivity contribution in [3.8, 4) is 0 Å². The Morgan fingerprint density at radius 3 is 1.62 bits per heavy atom. The zero-order valence-corrected chi connectivity index (χ0v) is 18.3. The first-order chi connectivity index (χ1) is 12.7. The lowest BCUT2D eigenvalue weighted by atomic mass is 10.2. The lowest BCUT2D eigenvalue weighted by molar-refractivity contribution is -0.0553. The van der Waals surface area contributed by atoms with Gasteiger partial charge in [0.2, 0.25) is 0 Å². The zero-order chi connectivity index (χ0) is 19.3. The molecule has 0 amide bonds. The van der Waals surface area contributed by atoms with Gasteiger partial charge in [0.25, 0.3) is 0 Å². The normalized spacial score (nSPS) is 12.0. The van der Waals surface area contributed by atoms with Crippen molar-refractivity contribution < 1.29 is 32.2 Å². The Morgan fingerprint density at radius 2 is 1.08 bits per heavy atom. The number of unbranched alkanes of at least 4 members (excludes halogenated alkanes) is 3. The van der Waals surface area contributed by atoms with Gasteiger partial charge in [-0.2, -0.15) is 0 Å². The number of rotatable bonds is 21. The van der Waals surface area contributed by atoms with E-state index in [9.17, 15) is 0 Å². The second kappa shape index (κ2) is 19.7. The molecule has 0 atom stereocenters. The summed E-state index contributed by atoms with van der Waals surface area (Å²) in [6, 6.07) is 0.891. The highest BCUT2D eigenvalue weighted by molar-refractivity contribution is 6.60. The van der Waals surface area contributed by atoms with Crippen LogP contribution in [0.3, 0.4) is 0 Å². The Bertz CT molecular complexity index is 265. The molecule has 0 N–H and O–H groups in total. The molecule has 0 fully saturated rings. The van der Waals surface area contributed by atoms with Gasteiger partial charge in [-0.3, -0.25) is 0 Å². The zero-order valence-electron chi connectivity index (χ0n) is 17.3. The Labute approximate surface area is 160 Å². The van der Waals surface area contributed by atoms with E-state index in [0.717, 1.165) is 38.3 Å². The molecule has 8 heteroatoms. The summed E-state index contributed by atoms with van der Waals surface area (Å²) in [6.45, 7) is 11.3.